The molecule has 0 aliphatic heterocycles. The molecule has 1 aromatic heterocycles. The van der Waals surface area contributed by atoms with Crippen molar-refractivity contribution in [3.05, 3.63) is 59.2 Å². The van der Waals surface area contributed by atoms with E-state index in [4.69, 9.17) is 5.73 Å². The third-order valence-electron chi connectivity index (χ3n) is 2.67. The lowest BCUT2D eigenvalue weighted by Crippen LogP contribution is -2.14. The van der Waals surface area contributed by atoms with Crippen LogP contribution in [0.1, 0.15) is 21.7 Å². The minimum atomic E-state index is -0.508. The second-order valence-corrected chi connectivity index (χ2v) is 4.32. The van der Waals surface area contributed by atoms with E-state index in [0.717, 1.165) is 5.69 Å². The molecule has 5 heteroatoms. The van der Waals surface area contributed by atoms with Gasteiger partial charge in [0.25, 0.3) is 5.91 Å². The predicted molar refractivity (Wildman–Crippen MR) is 79.3 cm³/mol. The number of aryl methyl sites for hydroxylation is 1. The first-order chi connectivity index (χ1) is 10.1. The number of hydrogen-bond acceptors (Lipinski definition) is 3. The Morgan fingerprint density at radius 2 is 2.19 bits per heavy atom. The first-order valence-corrected chi connectivity index (χ1v) is 6.33. The molecule has 0 saturated carbocycles. The number of halogens is 1. The highest BCUT2D eigenvalue weighted by atomic mass is 19.1. The van der Waals surface area contributed by atoms with Gasteiger partial charge in [-0.25, -0.2) is 9.37 Å². The van der Waals surface area contributed by atoms with E-state index in [1.165, 1.54) is 12.1 Å². The van der Waals surface area contributed by atoms with Crippen LogP contribution in [0.15, 0.2) is 36.4 Å². The van der Waals surface area contributed by atoms with Crippen molar-refractivity contribution in [3.63, 3.8) is 0 Å². The molecular formula is C16H14FN3O. The second-order valence-electron chi connectivity index (χ2n) is 4.32. The lowest BCUT2D eigenvalue weighted by molar-refractivity contribution is 0.102. The summed E-state index contributed by atoms with van der Waals surface area (Å²) in [5.41, 5.74) is 6.85. The molecular weight excluding hydrogens is 269 g/mol. The summed E-state index contributed by atoms with van der Waals surface area (Å²) in [7, 11) is 0. The van der Waals surface area contributed by atoms with Crippen molar-refractivity contribution < 1.29 is 9.18 Å². The molecule has 1 aromatic carbocycles. The Labute approximate surface area is 122 Å². The standard InChI is InChI=1S/C16H14FN3O/c1-11-4-2-6-15(19-11)16(21)20-13-8-7-12(5-3-9-18)14(17)10-13/h2,4,6-8,10H,9,18H2,1H3,(H,20,21). The monoisotopic (exact) mass is 283 g/mol. The quantitative estimate of drug-likeness (QED) is 0.829. The molecule has 1 amide bonds. The molecule has 2 rings (SSSR count). The number of nitrogens with zero attached hydrogens (tertiary/aromatic N) is 1. The van der Waals surface area contributed by atoms with Gasteiger partial charge in [-0.2, -0.15) is 0 Å². The third-order valence-corrected chi connectivity index (χ3v) is 2.67. The van der Waals surface area contributed by atoms with Gasteiger partial charge in [0.05, 0.1) is 12.1 Å². The molecule has 3 N–H and O–H groups in total. The molecule has 0 aliphatic carbocycles. The van der Waals surface area contributed by atoms with Crippen LogP contribution in [0, 0.1) is 24.6 Å². The second kappa shape index (κ2) is 6.64. The van der Waals surface area contributed by atoms with Crippen LogP contribution in [0.2, 0.25) is 0 Å². The summed E-state index contributed by atoms with van der Waals surface area (Å²) >= 11 is 0. The Morgan fingerprint density at radius 1 is 1.38 bits per heavy atom. The van der Waals surface area contributed by atoms with E-state index in [2.05, 4.69) is 22.1 Å². The summed E-state index contributed by atoms with van der Waals surface area (Å²) in [5, 5.41) is 2.60. The van der Waals surface area contributed by atoms with E-state index in [1.54, 1.807) is 31.2 Å². The van der Waals surface area contributed by atoms with Crippen LogP contribution >= 0.6 is 0 Å². The Hall–Kier alpha value is -2.71. The van der Waals surface area contributed by atoms with Gasteiger partial charge in [0.2, 0.25) is 0 Å². The summed E-state index contributed by atoms with van der Waals surface area (Å²) in [6.07, 6.45) is 0. The predicted octanol–water partition coefficient (Wildman–Crippen LogP) is 2.09. The van der Waals surface area contributed by atoms with E-state index in [9.17, 15) is 9.18 Å². The van der Waals surface area contributed by atoms with Crippen LogP contribution in [0.3, 0.4) is 0 Å². The Balaban J connectivity index is 2.17. The molecule has 0 atom stereocenters. The van der Waals surface area contributed by atoms with Crippen LogP contribution in [-0.2, 0) is 0 Å². The lowest BCUT2D eigenvalue weighted by atomic mass is 10.2. The first kappa shape index (κ1) is 14.7. The number of pyridine rings is 1. The maximum absolute atomic E-state index is 13.8. The summed E-state index contributed by atoms with van der Waals surface area (Å²) in [6.45, 7) is 1.96. The number of amides is 1. The smallest absolute Gasteiger partial charge is 0.274 e. The fourth-order valence-electron chi connectivity index (χ4n) is 1.71. The van der Waals surface area contributed by atoms with Gasteiger partial charge in [0.1, 0.15) is 11.5 Å². The van der Waals surface area contributed by atoms with Crippen LogP contribution in [-0.4, -0.2) is 17.4 Å². The maximum atomic E-state index is 13.8. The minimum absolute atomic E-state index is 0.164. The summed E-state index contributed by atoms with van der Waals surface area (Å²) in [5.74, 6) is 4.30. The van der Waals surface area contributed by atoms with Crippen LogP contribution in [0.4, 0.5) is 10.1 Å². The number of rotatable bonds is 2. The van der Waals surface area contributed by atoms with Gasteiger partial charge in [0, 0.05) is 11.4 Å². The topological polar surface area (TPSA) is 68.0 Å². The van der Waals surface area contributed by atoms with Crippen molar-refractivity contribution in [1.82, 2.24) is 4.98 Å². The van der Waals surface area contributed by atoms with Crippen LogP contribution < -0.4 is 11.1 Å². The Bertz CT molecular complexity index is 732. The van der Waals surface area contributed by atoms with Crippen molar-refractivity contribution in [2.45, 2.75) is 6.92 Å². The van der Waals surface area contributed by atoms with Crippen molar-refractivity contribution in [3.8, 4) is 11.8 Å². The summed E-state index contributed by atoms with van der Waals surface area (Å²) < 4.78 is 13.8. The number of hydrogen-bond donors (Lipinski definition) is 2. The summed E-state index contributed by atoms with van der Waals surface area (Å²) in [4.78, 5) is 16.1. The molecule has 0 radical (unpaired) electrons. The molecule has 0 aliphatic rings. The van der Waals surface area contributed by atoms with Crippen molar-refractivity contribution >= 4 is 11.6 Å². The third kappa shape index (κ3) is 3.88. The highest BCUT2D eigenvalue weighted by Crippen LogP contribution is 2.14. The van der Waals surface area contributed by atoms with E-state index >= 15 is 0 Å². The van der Waals surface area contributed by atoms with Gasteiger partial charge in [-0.15, -0.1) is 0 Å². The van der Waals surface area contributed by atoms with Gasteiger partial charge in [-0.3, -0.25) is 4.79 Å². The molecule has 2 aromatic rings. The zero-order valence-electron chi connectivity index (χ0n) is 11.5. The zero-order valence-corrected chi connectivity index (χ0v) is 11.5. The van der Waals surface area contributed by atoms with Gasteiger partial charge in [-0.1, -0.05) is 17.9 Å². The molecule has 1 heterocycles. The average Bonchev–Trinajstić information content (AvgIpc) is 2.46. The molecule has 0 spiro atoms. The molecule has 0 bridgehead atoms. The molecule has 0 unspecified atom stereocenters. The zero-order chi connectivity index (χ0) is 15.2. The highest BCUT2D eigenvalue weighted by molar-refractivity contribution is 6.02. The number of carbonyl (C=O) groups is 1. The van der Waals surface area contributed by atoms with Crippen LogP contribution in [0.25, 0.3) is 0 Å². The molecule has 21 heavy (non-hydrogen) atoms. The lowest BCUT2D eigenvalue weighted by Gasteiger charge is -2.06. The number of carbonyl (C=O) groups excluding carboxylic acids is 1. The number of anilines is 1. The minimum Gasteiger partial charge on any atom is -0.321 e. The first-order valence-electron chi connectivity index (χ1n) is 6.33. The molecule has 4 nitrogen and oxygen atoms in total. The number of nitrogens with one attached hydrogen (secondary N) is 1. The van der Waals surface area contributed by atoms with E-state index < -0.39 is 5.82 Å². The summed E-state index contributed by atoms with van der Waals surface area (Å²) in [6, 6.07) is 9.42. The van der Waals surface area contributed by atoms with Crippen molar-refractivity contribution in [2.75, 3.05) is 11.9 Å². The number of benzene rings is 1. The molecule has 0 fully saturated rings. The van der Waals surface area contributed by atoms with E-state index in [1.807, 2.05) is 0 Å². The maximum Gasteiger partial charge on any atom is 0.274 e. The van der Waals surface area contributed by atoms with Gasteiger partial charge >= 0.3 is 0 Å². The molecule has 0 saturated heterocycles. The average molecular weight is 283 g/mol. The van der Waals surface area contributed by atoms with Gasteiger partial charge in [0.15, 0.2) is 0 Å². The highest BCUT2D eigenvalue weighted by Gasteiger charge is 2.09. The largest absolute Gasteiger partial charge is 0.321 e. The van der Waals surface area contributed by atoms with E-state index in [0.29, 0.717) is 5.69 Å². The normalized spacial score (nSPS) is 9.67. The SMILES string of the molecule is Cc1cccc(C(=O)Nc2ccc(C#CCN)c(F)c2)n1. The Morgan fingerprint density at radius 3 is 2.86 bits per heavy atom. The molecule has 106 valence electrons. The Kier molecular flexibility index (Phi) is 4.64. The fraction of sp³-hybridized carbons (Fsp3) is 0.125. The fourth-order valence-corrected chi connectivity index (χ4v) is 1.71. The van der Waals surface area contributed by atoms with E-state index in [-0.39, 0.29) is 23.7 Å². The van der Waals surface area contributed by atoms with Gasteiger partial charge < -0.3 is 11.1 Å². The number of aromatic nitrogens is 1. The van der Waals surface area contributed by atoms with Crippen molar-refractivity contribution in [2.24, 2.45) is 5.73 Å². The van der Waals surface area contributed by atoms with Gasteiger partial charge in [-0.05, 0) is 37.3 Å². The van der Waals surface area contributed by atoms with Crippen LogP contribution in [0.5, 0.6) is 0 Å². The van der Waals surface area contributed by atoms with Crippen molar-refractivity contribution in [1.29, 1.82) is 0 Å². The number of nitrogens with two attached hydrogens (primary N) is 1.